The Labute approximate surface area is 125 Å². The molecule has 0 radical (unpaired) electrons. The molecule has 1 aromatic carbocycles. The third-order valence-corrected chi connectivity index (χ3v) is 4.90. The Kier molecular flexibility index (Phi) is 4.73. The van der Waals surface area contributed by atoms with E-state index < -0.39 is 0 Å². The number of benzene rings is 1. The van der Waals surface area contributed by atoms with Gasteiger partial charge in [0.05, 0.1) is 0 Å². The molecule has 1 heterocycles. The monoisotopic (exact) mass is 293 g/mol. The van der Waals surface area contributed by atoms with Crippen molar-refractivity contribution < 1.29 is 9.47 Å². The van der Waals surface area contributed by atoms with Crippen molar-refractivity contribution in [2.24, 2.45) is 5.92 Å². The number of hydrogen-bond acceptors (Lipinski definition) is 4. The van der Waals surface area contributed by atoms with Crippen LogP contribution in [0.1, 0.15) is 26.2 Å². The van der Waals surface area contributed by atoms with E-state index in [9.17, 15) is 0 Å². The molecule has 1 aliphatic heterocycles. The van der Waals surface area contributed by atoms with Crippen LogP contribution in [-0.4, -0.2) is 31.6 Å². The summed E-state index contributed by atoms with van der Waals surface area (Å²) in [5.74, 6) is 3.81. The predicted octanol–water partition coefficient (Wildman–Crippen LogP) is 3.33. The van der Waals surface area contributed by atoms with Crippen molar-refractivity contribution in [3.05, 3.63) is 18.2 Å². The molecule has 1 N–H and O–H groups in total. The first kappa shape index (κ1) is 14.1. The lowest BCUT2D eigenvalue weighted by Crippen LogP contribution is -2.33. The zero-order valence-corrected chi connectivity index (χ0v) is 12.9. The smallest absolute Gasteiger partial charge is 0.162 e. The fourth-order valence-electron chi connectivity index (χ4n) is 2.49. The highest BCUT2D eigenvalue weighted by atomic mass is 32.2. The normalized spacial score (nSPS) is 18.9. The van der Waals surface area contributed by atoms with Crippen LogP contribution in [0.25, 0.3) is 0 Å². The van der Waals surface area contributed by atoms with Gasteiger partial charge in [-0.25, -0.2) is 0 Å². The summed E-state index contributed by atoms with van der Waals surface area (Å²) in [6, 6.07) is 6.95. The number of nitrogens with one attached hydrogen (secondary N) is 1. The van der Waals surface area contributed by atoms with E-state index in [-0.39, 0.29) is 0 Å². The van der Waals surface area contributed by atoms with Crippen LogP contribution in [-0.2, 0) is 0 Å². The molecule has 0 saturated heterocycles. The average Bonchev–Trinajstić information content (AvgIpc) is 3.32. The average molecular weight is 293 g/mol. The summed E-state index contributed by atoms with van der Waals surface area (Å²) in [5, 5.41) is 3.69. The van der Waals surface area contributed by atoms with E-state index in [0.29, 0.717) is 19.3 Å². The zero-order chi connectivity index (χ0) is 13.8. The van der Waals surface area contributed by atoms with Gasteiger partial charge in [-0.3, -0.25) is 0 Å². The van der Waals surface area contributed by atoms with Gasteiger partial charge in [0.15, 0.2) is 11.5 Å². The minimum Gasteiger partial charge on any atom is -0.486 e. The van der Waals surface area contributed by atoms with Gasteiger partial charge < -0.3 is 14.8 Å². The molecule has 2 aliphatic rings. The second-order valence-electron chi connectivity index (χ2n) is 5.51. The van der Waals surface area contributed by atoms with Gasteiger partial charge in [0, 0.05) is 16.7 Å². The Morgan fingerprint density at radius 1 is 1.25 bits per heavy atom. The Hall–Kier alpha value is -0.870. The molecule has 1 aliphatic carbocycles. The Bertz CT molecular complexity index is 448. The minimum absolute atomic E-state index is 0.657. The van der Waals surface area contributed by atoms with Crippen molar-refractivity contribution in [1.29, 1.82) is 0 Å². The van der Waals surface area contributed by atoms with E-state index in [2.05, 4.69) is 24.4 Å². The van der Waals surface area contributed by atoms with Crippen LogP contribution in [0.2, 0.25) is 0 Å². The first-order valence-corrected chi connectivity index (χ1v) is 8.61. The lowest BCUT2D eigenvalue weighted by Gasteiger charge is -2.20. The van der Waals surface area contributed by atoms with Crippen molar-refractivity contribution in [3.8, 4) is 11.5 Å². The Morgan fingerprint density at radius 3 is 2.80 bits per heavy atom. The summed E-state index contributed by atoms with van der Waals surface area (Å²) in [6.07, 6.45) is 3.99. The molecule has 110 valence electrons. The summed E-state index contributed by atoms with van der Waals surface area (Å²) in [4.78, 5) is 1.28. The summed E-state index contributed by atoms with van der Waals surface area (Å²) in [6.45, 7) is 4.67. The highest BCUT2D eigenvalue weighted by Gasteiger charge is 2.30. The van der Waals surface area contributed by atoms with Crippen molar-refractivity contribution >= 4 is 11.8 Å². The fourth-order valence-corrected chi connectivity index (χ4v) is 3.61. The molecule has 3 nitrogen and oxygen atoms in total. The van der Waals surface area contributed by atoms with Crippen LogP contribution in [0, 0.1) is 5.92 Å². The lowest BCUT2D eigenvalue weighted by atomic mass is 10.2. The molecule has 0 spiro atoms. The topological polar surface area (TPSA) is 30.5 Å². The molecular formula is C16H23NO2S. The van der Waals surface area contributed by atoms with E-state index in [1.54, 1.807) is 0 Å². The highest BCUT2D eigenvalue weighted by molar-refractivity contribution is 7.99. The molecule has 0 aromatic heterocycles. The number of ether oxygens (including phenoxy) is 2. The van der Waals surface area contributed by atoms with Gasteiger partial charge in [-0.05, 0) is 49.9 Å². The van der Waals surface area contributed by atoms with E-state index in [1.165, 1.54) is 24.2 Å². The molecule has 1 fully saturated rings. The van der Waals surface area contributed by atoms with Gasteiger partial charge in [-0.1, -0.05) is 6.92 Å². The van der Waals surface area contributed by atoms with Crippen LogP contribution in [0.3, 0.4) is 0 Å². The maximum Gasteiger partial charge on any atom is 0.162 e. The fraction of sp³-hybridized carbons (Fsp3) is 0.625. The van der Waals surface area contributed by atoms with Crippen LogP contribution in [0.15, 0.2) is 23.1 Å². The van der Waals surface area contributed by atoms with Crippen molar-refractivity contribution in [2.45, 2.75) is 37.1 Å². The quantitative estimate of drug-likeness (QED) is 0.781. The number of fused-ring (bicyclic) bond motifs is 1. The molecule has 1 unspecified atom stereocenters. The molecule has 4 heteroatoms. The number of rotatable bonds is 7. The van der Waals surface area contributed by atoms with Gasteiger partial charge in [0.1, 0.15) is 13.2 Å². The highest BCUT2D eigenvalue weighted by Crippen LogP contribution is 2.37. The van der Waals surface area contributed by atoms with Crippen molar-refractivity contribution in [2.75, 3.05) is 25.5 Å². The van der Waals surface area contributed by atoms with E-state index in [1.807, 2.05) is 17.8 Å². The van der Waals surface area contributed by atoms with Crippen LogP contribution in [0.4, 0.5) is 0 Å². The SMILES string of the molecule is CCCNC(CSc1ccc2c(c1)OCCO2)C1CC1. The van der Waals surface area contributed by atoms with E-state index in [4.69, 9.17) is 9.47 Å². The van der Waals surface area contributed by atoms with Gasteiger partial charge in [0.2, 0.25) is 0 Å². The van der Waals surface area contributed by atoms with Crippen LogP contribution >= 0.6 is 11.8 Å². The predicted molar refractivity (Wildman–Crippen MR) is 83.0 cm³/mol. The molecule has 0 amide bonds. The van der Waals surface area contributed by atoms with E-state index >= 15 is 0 Å². The third kappa shape index (κ3) is 3.61. The Morgan fingerprint density at radius 2 is 2.05 bits per heavy atom. The molecule has 1 aromatic rings. The summed E-state index contributed by atoms with van der Waals surface area (Å²) in [7, 11) is 0. The number of thioether (sulfide) groups is 1. The first-order chi connectivity index (χ1) is 9.86. The maximum absolute atomic E-state index is 5.64. The van der Waals surface area contributed by atoms with Gasteiger partial charge in [-0.2, -0.15) is 0 Å². The third-order valence-electron chi connectivity index (χ3n) is 3.79. The second kappa shape index (κ2) is 6.72. The van der Waals surface area contributed by atoms with Crippen molar-refractivity contribution in [1.82, 2.24) is 5.32 Å². The molecule has 3 rings (SSSR count). The summed E-state index contributed by atoms with van der Waals surface area (Å²) < 4.78 is 11.2. The van der Waals surface area contributed by atoms with Crippen LogP contribution < -0.4 is 14.8 Å². The molecule has 0 bridgehead atoms. The van der Waals surface area contributed by atoms with Crippen LogP contribution in [0.5, 0.6) is 11.5 Å². The Balaban J connectivity index is 1.56. The summed E-state index contributed by atoms with van der Waals surface area (Å²) in [5.41, 5.74) is 0. The molecule has 1 saturated carbocycles. The lowest BCUT2D eigenvalue weighted by molar-refractivity contribution is 0.171. The van der Waals surface area contributed by atoms with E-state index in [0.717, 1.165) is 29.7 Å². The first-order valence-electron chi connectivity index (χ1n) is 7.62. The summed E-state index contributed by atoms with van der Waals surface area (Å²) >= 11 is 1.92. The number of hydrogen-bond donors (Lipinski definition) is 1. The second-order valence-corrected chi connectivity index (χ2v) is 6.61. The van der Waals surface area contributed by atoms with Gasteiger partial charge in [0.25, 0.3) is 0 Å². The standard InChI is InChI=1S/C16H23NO2S/c1-2-7-17-14(12-3-4-12)11-20-13-5-6-15-16(10-13)19-9-8-18-15/h5-6,10,12,14,17H,2-4,7-9,11H2,1H3. The van der Waals surface area contributed by atoms with Gasteiger partial charge >= 0.3 is 0 Å². The van der Waals surface area contributed by atoms with Crippen molar-refractivity contribution in [3.63, 3.8) is 0 Å². The minimum atomic E-state index is 0.657. The zero-order valence-electron chi connectivity index (χ0n) is 12.1. The largest absolute Gasteiger partial charge is 0.486 e. The maximum atomic E-state index is 5.64. The van der Waals surface area contributed by atoms with Gasteiger partial charge in [-0.15, -0.1) is 11.8 Å². The molecule has 1 atom stereocenters. The molecular weight excluding hydrogens is 270 g/mol. The molecule has 20 heavy (non-hydrogen) atoms.